The molecule has 2 heteroatoms. The van der Waals surface area contributed by atoms with E-state index in [9.17, 15) is 0 Å². The molecule has 0 radical (unpaired) electrons. The zero-order valence-electron chi connectivity index (χ0n) is 11.2. The van der Waals surface area contributed by atoms with Gasteiger partial charge in [-0.3, -0.25) is 0 Å². The van der Waals surface area contributed by atoms with Gasteiger partial charge >= 0.3 is 104 Å². The summed E-state index contributed by atoms with van der Waals surface area (Å²) >= 11 is 0. The molecule has 4 atom stereocenters. The predicted octanol–water partition coefficient (Wildman–Crippen LogP) is 4.42. The van der Waals surface area contributed by atoms with Crippen LogP contribution in [-0.2, 0) is 6.51 Å². The Kier molecular flexibility index (Phi) is 0.288. The molecule has 0 aromatic rings. The first kappa shape index (κ1) is 7.82. The van der Waals surface area contributed by atoms with E-state index in [4.69, 9.17) is 0 Å². The van der Waals surface area contributed by atoms with E-state index < -0.39 is 6.51 Å². The summed E-state index contributed by atoms with van der Waals surface area (Å²) in [6.45, 7) is 8.86. The molecule has 1 nitrogen and oxygen atoms in total. The first-order chi connectivity index (χ1) is 9.04. The fourth-order valence-corrected chi connectivity index (χ4v) is 92.7. The van der Waals surface area contributed by atoms with Gasteiger partial charge in [0.05, 0.1) is 0 Å². The van der Waals surface area contributed by atoms with Gasteiger partial charge in [0.15, 0.2) is 0 Å². The maximum atomic E-state index is 3.98. The zero-order chi connectivity index (χ0) is 12.1. The number of hydrogen-bond acceptors (Lipinski definition) is 1. The van der Waals surface area contributed by atoms with Crippen LogP contribution < -0.4 is 0 Å². The fourth-order valence-electron chi connectivity index (χ4n) is 18.0. The Balaban J connectivity index is 1.31. The van der Waals surface area contributed by atoms with Gasteiger partial charge in [-0.1, -0.05) is 0 Å². The van der Waals surface area contributed by atoms with Gasteiger partial charge in [-0.2, -0.15) is 0 Å². The summed E-state index contributed by atoms with van der Waals surface area (Å²) in [5.74, 6) is 0. The summed E-state index contributed by atoms with van der Waals surface area (Å²) in [4.78, 5) is 15.9. The minimum absolute atomic E-state index is 1.05. The Morgan fingerprint density at radius 2 is 1.32 bits per heavy atom. The van der Waals surface area contributed by atoms with Crippen molar-refractivity contribution in [2.75, 3.05) is 19.6 Å². The molecule has 19 heavy (non-hydrogen) atoms. The molecular formula is C17H21FeN. The van der Waals surface area contributed by atoms with Crippen molar-refractivity contribution in [1.82, 2.24) is 4.90 Å². The van der Waals surface area contributed by atoms with E-state index in [1.54, 1.807) is 0 Å². The van der Waals surface area contributed by atoms with Crippen LogP contribution in [-0.4, -0.2) is 24.5 Å². The molecule has 10 saturated heterocycles. The fraction of sp³-hybridized carbons (Fsp3) is 0.765. The van der Waals surface area contributed by atoms with Gasteiger partial charge in [-0.25, -0.2) is 0 Å². The third-order valence-corrected chi connectivity index (χ3v) is 59.2. The van der Waals surface area contributed by atoms with Crippen LogP contribution in [0.15, 0.2) is 25.3 Å². The Bertz CT molecular complexity index is 930. The topological polar surface area (TPSA) is 3.24 Å². The van der Waals surface area contributed by atoms with Crippen molar-refractivity contribution in [3.8, 4) is 0 Å². The molecular weight excluding hydrogens is 274 g/mol. The molecule has 10 aliphatic rings. The molecule has 10 fully saturated rings. The van der Waals surface area contributed by atoms with Crippen LogP contribution in [0, 0.1) is 0 Å². The number of hydrogen-bond donors (Lipinski definition) is 0. The van der Waals surface area contributed by atoms with E-state index in [2.05, 4.69) is 30.2 Å². The second-order valence-corrected chi connectivity index (χ2v) is 35.3. The summed E-state index contributed by atoms with van der Waals surface area (Å²) in [6.07, 6.45) is 4.24. The van der Waals surface area contributed by atoms with E-state index in [0.717, 1.165) is 17.4 Å². The molecule has 10 aliphatic heterocycles. The predicted molar refractivity (Wildman–Crippen MR) is 73.3 cm³/mol. The van der Waals surface area contributed by atoms with Gasteiger partial charge in [0.25, 0.3) is 0 Å². The number of fused-ring (bicyclic) bond motifs is 10. The van der Waals surface area contributed by atoms with E-state index >= 15 is 0 Å². The third kappa shape index (κ3) is 0.0912. The first-order valence-electron chi connectivity index (χ1n) is 8.19. The van der Waals surface area contributed by atoms with Crippen molar-refractivity contribution in [2.24, 2.45) is 0 Å². The Morgan fingerprint density at radius 3 is 1.58 bits per heavy atom. The van der Waals surface area contributed by atoms with Crippen molar-refractivity contribution in [2.45, 2.75) is 47.7 Å². The van der Waals surface area contributed by atoms with Crippen LogP contribution in [0.2, 0.25) is 47.7 Å². The first-order valence-corrected chi connectivity index (χ1v) is 14.5. The van der Waals surface area contributed by atoms with Crippen LogP contribution in [0.3, 0.4) is 0 Å². The molecule has 0 aromatic heterocycles. The third-order valence-electron chi connectivity index (χ3n) is 16.2. The van der Waals surface area contributed by atoms with Crippen LogP contribution in [0.1, 0.15) is 0 Å². The molecule has 0 aromatic carbocycles. The van der Waals surface area contributed by atoms with Crippen molar-refractivity contribution in [3.63, 3.8) is 0 Å². The van der Waals surface area contributed by atoms with Crippen molar-refractivity contribution in [3.05, 3.63) is 25.3 Å². The number of rotatable bonds is 6. The minimum atomic E-state index is -2.80. The average molecular weight is 295 g/mol. The summed E-state index contributed by atoms with van der Waals surface area (Å²) < 4.78 is 1.05. The quantitative estimate of drug-likeness (QED) is 0.518. The standard InChI is InChI=1S/C12H16N.C5H5.Fe/c1-3-9-13(10-4-2)11-12-7-5-6-8-12;1-2-4-5-3-1;/h3-8H,1-2,9-11H2;1-5H;. The maximum absolute atomic E-state index is 3.98. The van der Waals surface area contributed by atoms with Gasteiger partial charge in [0.1, 0.15) is 0 Å². The molecule has 0 aliphatic carbocycles. The molecule has 0 amide bonds. The molecule has 102 valence electrons. The van der Waals surface area contributed by atoms with Crippen molar-refractivity contribution in [1.29, 1.82) is 0 Å². The van der Waals surface area contributed by atoms with Gasteiger partial charge < -0.3 is 0 Å². The molecule has 0 bridgehead atoms. The average Bonchev–Trinajstić information content (AvgIpc) is 3.34. The van der Waals surface area contributed by atoms with Gasteiger partial charge in [-0.15, -0.1) is 0 Å². The second-order valence-electron chi connectivity index (χ2n) is 11.6. The van der Waals surface area contributed by atoms with Crippen LogP contribution in [0.25, 0.3) is 0 Å². The van der Waals surface area contributed by atoms with Crippen LogP contribution in [0.5, 0.6) is 0 Å². The summed E-state index contributed by atoms with van der Waals surface area (Å²) in [5, 5.41) is 0. The molecule has 0 saturated carbocycles. The van der Waals surface area contributed by atoms with Gasteiger partial charge in [0.2, 0.25) is 0 Å². The number of nitrogens with zero attached hydrogens (tertiary/aromatic N) is 1. The molecule has 10 heterocycles. The zero-order valence-corrected chi connectivity index (χ0v) is 12.3. The van der Waals surface area contributed by atoms with Crippen LogP contribution in [0.4, 0.5) is 0 Å². The Hall–Kier alpha value is -0.0405. The SMILES string of the molecule is C=CCN(CC=C)C[C]12[CH]3[CH]4[CH]5[CH]1[Fe]45321678[CH]2[CH]1[CH]6[CH]7[CH]28. The normalized spacial score (nSPS) is 108. The van der Waals surface area contributed by atoms with Crippen molar-refractivity contribution >= 4 is 0 Å². The van der Waals surface area contributed by atoms with E-state index in [1.165, 1.54) is 49.9 Å². The van der Waals surface area contributed by atoms with Gasteiger partial charge in [0, 0.05) is 0 Å². The summed E-state index contributed by atoms with van der Waals surface area (Å²) in [5.41, 5.74) is 0. The Morgan fingerprint density at radius 1 is 0.842 bits per heavy atom. The van der Waals surface area contributed by atoms with Gasteiger partial charge in [-0.05, 0) is 0 Å². The second kappa shape index (κ2) is 0.699. The van der Waals surface area contributed by atoms with Crippen LogP contribution >= 0.6 is 0 Å². The molecule has 4 unspecified atom stereocenters. The van der Waals surface area contributed by atoms with E-state index in [0.29, 0.717) is 0 Å². The molecule has 1 spiro atoms. The summed E-state index contributed by atoms with van der Waals surface area (Å²) in [7, 11) is 0. The summed E-state index contributed by atoms with van der Waals surface area (Å²) in [6, 6.07) is 0. The Labute approximate surface area is 104 Å². The molecule has 0 N–H and O–H groups in total. The molecule has 10 rings (SSSR count). The van der Waals surface area contributed by atoms with E-state index in [1.807, 2.05) is 0 Å². The van der Waals surface area contributed by atoms with E-state index in [-0.39, 0.29) is 0 Å². The monoisotopic (exact) mass is 295 g/mol. The van der Waals surface area contributed by atoms with Crippen molar-refractivity contribution < 1.29 is 6.51 Å².